The summed E-state index contributed by atoms with van der Waals surface area (Å²) in [5.41, 5.74) is 0.783. The van der Waals surface area contributed by atoms with Crippen molar-refractivity contribution in [2.75, 3.05) is 17.1 Å². The van der Waals surface area contributed by atoms with Crippen LogP contribution in [0.5, 0.6) is 0 Å². The van der Waals surface area contributed by atoms with E-state index in [1.807, 2.05) is 38.1 Å². The normalized spacial score (nSPS) is 15.1. The topological polar surface area (TPSA) is 86.8 Å². The van der Waals surface area contributed by atoms with Gasteiger partial charge in [-0.05, 0) is 61.9 Å². The van der Waals surface area contributed by atoms with Crippen molar-refractivity contribution < 1.29 is 31.2 Å². The van der Waals surface area contributed by atoms with Crippen molar-refractivity contribution in [2.24, 2.45) is 0 Å². The van der Waals surface area contributed by atoms with Gasteiger partial charge in [0, 0.05) is 25.6 Å². The molecule has 0 radical (unpaired) electrons. The molecule has 1 unspecified atom stereocenters. The van der Waals surface area contributed by atoms with E-state index in [2.05, 4.69) is 5.32 Å². The lowest BCUT2D eigenvalue weighted by molar-refractivity contribution is -0.141. The number of nitrogens with zero attached hydrogens (tertiary/aromatic N) is 2. The van der Waals surface area contributed by atoms with Crippen molar-refractivity contribution in [1.29, 1.82) is 0 Å². The summed E-state index contributed by atoms with van der Waals surface area (Å²) in [4.78, 5) is 28.4. The lowest BCUT2D eigenvalue weighted by Crippen LogP contribution is -2.51. The molecule has 11 heteroatoms. The molecule has 0 aromatic heterocycles. The minimum Gasteiger partial charge on any atom is -0.352 e. The highest BCUT2D eigenvalue weighted by Crippen LogP contribution is 2.32. The third-order valence-corrected chi connectivity index (χ3v) is 8.50. The van der Waals surface area contributed by atoms with Gasteiger partial charge in [0.1, 0.15) is 6.04 Å². The van der Waals surface area contributed by atoms with Crippen LogP contribution in [0.25, 0.3) is 0 Å². The number of rotatable bonds is 12. The van der Waals surface area contributed by atoms with Gasteiger partial charge in [0.05, 0.1) is 17.5 Å². The van der Waals surface area contributed by atoms with Crippen molar-refractivity contribution in [3.8, 4) is 0 Å². The average Bonchev–Trinajstić information content (AvgIpc) is 3.39. The minimum absolute atomic E-state index is 0.0626. The number of aryl methyl sites for hydroxylation is 1. The van der Waals surface area contributed by atoms with Crippen LogP contribution < -0.4 is 9.62 Å². The van der Waals surface area contributed by atoms with E-state index in [1.54, 1.807) is 4.90 Å². The molecule has 1 aliphatic rings. The van der Waals surface area contributed by atoms with E-state index in [-0.39, 0.29) is 49.5 Å². The van der Waals surface area contributed by atoms with Crippen LogP contribution in [0.2, 0.25) is 0 Å². The average molecular weight is 582 g/mol. The standard InChI is InChI=1S/C29H38F3N3O4S/c1-4-26(28(37)33-24-14-7-8-15-24)34(20-22-12-6-5-11-21(22)2)27(36)17-10-18-35(40(3,38)39)25-16-9-13-23(19-25)29(30,31)32/h5-6,9,11-13,16,19,24,26H,4,7-8,10,14-15,17-18,20H2,1-3H3,(H,33,37). The molecule has 1 saturated carbocycles. The number of hydrogen-bond acceptors (Lipinski definition) is 4. The van der Waals surface area contributed by atoms with Gasteiger partial charge in [-0.15, -0.1) is 0 Å². The predicted octanol–water partition coefficient (Wildman–Crippen LogP) is 5.43. The van der Waals surface area contributed by atoms with Crippen LogP contribution in [0.1, 0.15) is 68.6 Å². The number of anilines is 1. The van der Waals surface area contributed by atoms with Crippen molar-refractivity contribution in [3.05, 3.63) is 65.2 Å². The van der Waals surface area contributed by atoms with Crippen LogP contribution in [0.4, 0.5) is 18.9 Å². The molecule has 220 valence electrons. The fraction of sp³-hybridized carbons (Fsp3) is 0.517. The molecule has 0 aliphatic heterocycles. The smallest absolute Gasteiger partial charge is 0.352 e. The van der Waals surface area contributed by atoms with E-state index in [1.165, 1.54) is 6.07 Å². The van der Waals surface area contributed by atoms with Crippen molar-refractivity contribution in [3.63, 3.8) is 0 Å². The molecule has 1 N–H and O–H groups in total. The zero-order chi connectivity index (χ0) is 29.5. The van der Waals surface area contributed by atoms with Gasteiger partial charge >= 0.3 is 6.18 Å². The van der Waals surface area contributed by atoms with Gasteiger partial charge in [0.2, 0.25) is 21.8 Å². The van der Waals surface area contributed by atoms with E-state index in [4.69, 9.17) is 0 Å². The molecule has 0 bridgehead atoms. The molecule has 2 amide bonds. The maximum Gasteiger partial charge on any atom is 0.416 e. The first kappa shape index (κ1) is 31.4. The third kappa shape index (κ3) is 8.46. The molecule has 2 aromatic rings. The Bertz CT molecular complexity index is 1280. The first-order valence-corrected chi connectivity index (χ1v) is 15.5. The van der Waals surface area contributed by atoms with Crippen LogP contribution in [0.15, 0.2) is 48.5 Å². The largest absolute Gasteiger partial charge is 0.416 e. The monoisotopic (exact) mass is 581 g/mol. The summed E-state index contributed by atoms with van der Waals surface area (Å²) in [6.07, 6.45) is 0.592. The second-order valence-electron chi connectivity index (χ2n) is 10.3. The van der Waals surface area contributed by atoms with Crippen LogP contribution in [0, 0.1) is 6.92 Å². The van der Waals surface area contributed by atoms with Crippen LogP contribution >= 0.6 is 0 Å². The third-order valence-electron chi connectivity index (χ3n) is 7.30. The number of hydrogen-bond donors (Lipinski definition) is 1. The summed E-state index contributed by atoms with van der Waals surface area (Å²) < 4.78 is 65.6. The zero-order valence-electron chi connectivity index (χ0n) is 23.2. The Morgan fingerprint density at radius 2 is 1.75 bits per heavy atom. The van der Waals surface area contributed by atoms with E-state index in [9.17, 15) is 31.2 Å². The molecular formula is C29H38F3N3O4S. The maximum absolute atomic E-state index is 13.6. The first-order chi connectivity index (χ1) is 18.8. The Hall–Kier alpha value is -3.08. The summed E-state index contributed by atoms with van der Waals surface area (Å²) in [6, 6.07) is 11.1. The Kier molecular flexibility index (Phi) is 10.6. The molecule has 0 spiro atoms. The fourth-order valence-electron chi connectivity index (χ4n) is 5.10. The number of benzene rings is 2. The highest BCUT2D eigenvalue weighted by atomic mass is 32.2. The lowest BCUT2D eigenvalue weighted by atomic mass is 10.0. The van der Waals surface area contributed by atoms with Gasteiger partial charge < -0.3 is 10.2 Å². The molecule has 0 heterocycles. The number of halogens is 3. The lowest BCUT2D eigenvalue weighted by Gasteiger charge is -2.32. The number of amides is 2. The molecule has 7 nitrogen and oxygen atoms in total. The van der Waals surface area contributed by atoms with Crippen LogP contribution in [0.3, 0.4) is 0 Å². The minimum atomic E-state index is -4.63. The SMILES string of the molecule is CCC(C(=O)NC1CCCC1)N(Cc1ccccc1C)C(=O)CCCN(c1cccc(C(F)(F)F)c1)S(C)(=O)=O. The molecule has 0 saturated heterocycles. The Morgan fingerprint density at radius 1 is 1.07 bits per heavy atom. The molecule has 1 aliphatic carbocycles. The van der Waals surface area contributed by atoms with E-state index >= 15 is 0 Å². The summed E-state index contributed by atoms with van der Waals surface area (Å²) in [7, 11) is -3.92. The zero-order valence-corrected chi connectivity index (χ0v) is 24.0. The van der Waals surface area contributed by atoms with Gasteiger partial charge in [-0.1, -0.05) is 50.1 Å². The number of alkyl halides is 3. The second kappa shape index (κ2) is 13.5. The Morgan fingerprint density at radius 3 is 2.35 bits per heavy atom. The maximum atomic E-state index is 13.6. The van der Waals surface area contributed by atoms with E-state index < -0.39 is 27.8 Å². The van der Waals surface area contributed by atoms with Crippen LogP contribution in [-0.2, 0) is 32.3 Å². The summed E-state index contributed by atoms with van der Waals surface area (Å²) in [5, 5.41) is 3.09. The summed E-state index contributed by atoms with van der Waals surface area (Å²) in [5.74, 6) is -0.535. The molecule has 1 atom stereocenters. The summed E-state index contributed by atoms with van der Waals surface area (Å²) >= 11 is 0. The number of sulfonamides is 1. The number of nitrogens with one attached hydrogen (secondary N) is 1. The quantitative estimate of drug-likeness (QED) is 0.362. The summed E-state index contributed by atoms with van der Waals surface area (Å²) in [6.45, 7) is 3.80. The molecule has 1 fully saturated rings. The van der Waals surface area contributed by atoms with Crippen molar-refractivity contribution in [2.45, 2.75) is 83.6 Å². The van der Waals surface area contributed by atoms with Crippen molar-refractivity contribution in [1.82, 2.24) is 10.2 Å². The molecule has 40 heavy (non-hydrogen) atoms. The van der Waals surface area contributed by atoms with Gasteiger partial charge in [-0.3, -0.25) is 13.9 Å². The van der Waals surface area contributed by atoms with Gasteiger partial charge in [0.25, 0.3) is 0 Å². The van der Waals surface area contributed by atoms with E-state index in [0.717, 1.165) is 65.6 Å². The number of carbonyl (C=O) groups is 2. The van der Waals surface area contributed by atoms with Gasteiger partial charge in [-0.25, -0.2) is 8.42 Å². The molecular weight excluding hydrogens is 543 g/mol. The van der Waals surface area contributed by atoms with Crippen LogP contribution in [-0.4, -0.2) is 50.0 Å². The Labute approximate surface area is 234 Å². The second-order valence-corrected chi connectivity index (χ2v) is 12.3. The van der Waals surface area contributed by atoms with Gasteiger partial charge in [0.15, 0.2) is 0 Å². The predicted molar refractivity (Wildman–Crippen MR) is 149 cm³/mol. The Balaban J connectivity index is 1.79. The first-order valence-electron chi connectivity index (χ1n) is 13.6. The fourth-order valence-corrected chi connectivity index (χ4v) is 6.06. The highest BCUT2D eigenvalue weighted by Gasteiger charge is 2.33. The number of carbonyl (C=O) groups excluding carboxylic acids is 2. The molecule has 2 aromatic carbocycles. The van der Waals surface area contributed by atoms with Gasteiger partial charge in [-0.2, -0.15) is 13.2 Å². The van der Waals surface area contributed by atoms with E-state index in [0.29, 0.717) is 6.42 Å². The highest BCUT2D eigenvalue weighted by molar-refractivity contribution is 7.92. The molecule has 3 rings (SSSR count). The van der Waals surface area contributed by atoms with Crippen molar-refractivity contribution >= 4 is 27.5 Å².